The number of ether oxygens (including phenoxy) is 2. The Morgan fingerprint density at radius 1 is 1.44 bits per heavy atom. The number of nitrogens with one attached hydrogen (secondary N) is 1. The molecule has 1 aliphatic rings. The van der Waals surface area contributed by atoms with Crippen LogP contribution in [-0.2, 0) is 22.3 Å². The summed E-state index contributed by atoms with van der Waals surface area (Å²) in [4.78, 5) is 0. The summed E-state index contributed by atoms with van der Waals surface area (Å²) in [5, 5.41) is 4.97. The van der Waals surface area contributed by atoms with E-state index in [-0.39, 0.29) is 10.8 Å². The Morgan fingerprint density at radius 3 is 2.88 bits per heavy atom. The third-order valence-corrected chi connectivity index (χ3v) is 5.99. The molecule has 1 aromatic heterocycles. The van der Waals surface area contributed by atoms with E-state index >= 15 is 0 Å². The van der Waals surface area contributed by atoms with Crippen molar-refractivity contribution < 1.29 is 13.7 Å². The Kier molecular flexibility index (Phi) is 5.20. The van der Waals surface area contributed by atoms with Gasteiger partial charge in [0, 0.05) is 5.56 Å². The second-order valence-electron chi connectivity index (χ2n) is 6.82. The van der Waals surface area contributed by atoms with Gasteiger partial charge in [0.2, 0.25) is 0 Å². The van der Waals surface area contributed by atoms with E-state index in [1.165, 1.54) is 0 Å². The summed E-state index contributed by atoms with van der Waals surface area (Å²) in [5.41, 5.74) is 2.59. The first-order chi connectivity index (χ1) is 11.8. The zero-order valence-corrected chi connectivity index (χ0v) is 16.3. The molecular formula is C17H22ClN3O3S. The van der Waals surface area contributed by atoms with Crippen LogP contribution in [0.5, 0.6) is 5.75 Å². The molecule has 1 N–H and O–H groups in total. The lowest BCUT2D eigenvalue weighted by atomic mass is 10.1. The highest BCUT2D eigenvalue weighted by molar-refractivity contribution is 7.84. The molecule has 0 bridgehead atoms. The number of rotatable bonds is 4. The van der Waals surface area contributed by atoms with Crippen LogP contribution in [0.4, 0.5) is 0 Å². The number of fused-ring (bicyclic) bond motifs is 1. The molecule has 0 spiro atoms. The van der Waals surface area contributed by atoms with E-state index < -0.39 is 11.0 Å². The summed E-state index contributed by atoms with van der Waals surface area (Å²) in [5.74, 6) is 0.587. The molecule has 25 heavy (non-hydrogen) atoms. The first-order valence-corrected chi connectivity index (χ1v) is 9.51. The van der Waals surface area contributed by atoms with E-state index in [0.717, 1.165) is 16.9 Å². The maximum Gasteiger partial charge on any atom is 0.139 e. The highest BCUT2D eigenvalue weighted by Gasteiger charge is 2.30. The SMILES string of the molecule is COc1cccc(-n2ncc3c2COC[C@H]3NS(=O)C(C)(C)C)c1Cl. The minimum atomic E-state index is -1.20. The van der Waals surface area contributed by atoms with Crippen molar-refractivity contribution in [2.24, 2.45) is 0 Å². The van der Waals surface area contributed by atoms with Crippen molar-refractivity contribution in [3.8, 4) is 11.4 Å². The highest BCUT2D eigenvalue weighted by Crippen LogP contribution is 2.34. The van der Waals surface area contributed by atoms with Crippen LogP contribution in [0.2, 0.25) is 5.02 Å². The monoisotopic (exact) mass is 383 g/mol. The van der Waals surface area contributed by atoms with Crippen LogP contribution < -0.4 is 9.46 Å². The molecule has 136 valence electrons. The fourth-order valence-electron chi connectivity index (χ4n) is 2.62. The predicted molar refractivity (Wildman–Crippen MR) is 98.6 cm³/mol. The molecule has 0 aliphatic carbocycles. The van der Waals surface area contributed by atoms with Crippen molar-refractivity contribution in [2.45, 2.75) is 38.2 Å². The summed E-state index contributed by atoms with van der Waals surface area (Å²) in [6.45, 7) is 6.66. The molecule has 0 amide bonds. The topological polar surface area (TPSA) is 65.4 Å². The first-order valence-electron chi connectivity index (χ1n) is 7.98. The Morgan fingerprint density at radius 2 is 2.20 bits per heavy atom. The summed E-state index contributed by atoms with van der Waals surface area (Å²) in [7, 11) is 0.378. The summed E-state index contributed by atoms with van der Waals surface area (Å²) in [6.07, 6.45) is 1.78. The summed E-state index contributed by atoms with van der Waals surface area (Å²) < 4.78 is 28.0. The second kappa shape index (κ2) is 7.07. The highest BCUT2D eigenvalue weighted by atomic mass is 35.5. The maximum atomic E-state index is 12.4. The number of hydrogen-bond acceptors (Lipinski definition) is 4. The van der Waals surface area contributed by atoms with Crippen LogP contribution in [-0.4, -0.2) is 32.5 Å². The molecule has 1 aliphatic heterocycles. The average molecular weight is 384 g/mol. The van der Waals surface area contributed by atoms with Gasteiger partial charge in [0.05, 0.1) is 59.7 Å². The molecular weight excluding hydrogens is 362 g/mol. The van der Waals surface area contributed by atoms with Crippen LogP contribution in [0.1, 0.15) is 38.1 Å². The van der Waals surface area contributed by atoms with Gasteiger partial charge in [0.25, 0.3) is 0 Å². The van der Waals surface area contributed by atoms with Gasteiger partial charge in [0.1, 0.15) is 10.8 Å². The Hall–Kier alpha value is -1.41. The molecule has 0 saturated heterocycles. The van der Waals surface area contributed by atoms with Gasteiger partial charge < -0.3 is 9.47 Å². The predicted octanol–water partition coefficient (Wildman–Crippen LogP) is 3.16. The van der Waals surface area contributed by atoms with Crippen LogP contribution in [0.25, 0.3) is 5.69 Å². The fourth-order valence-corrected chi connectivity index (χ4v) is 3.71. The van der Waals surface area contributed by atoms with Gasteiger partial charge in [-0.05, 0) is 32.9 Å². The van der Waals surface area contributed by atoms with Crippen LogP contribution in [0, 0.1) is 0 Å². The van der Waals surface area contributed by atoms with Gasteiger partial charge in [0.15, 0.2) is 0 Å². The Bertz CT molecular complexity index is 801. The van der Waals surface area contributed by atoms with Gasteiger partial charge in [-0.25, -0.2) is 13.6 Å². The van der Waals surface area contributed by atoms with Crippen molar-refractivity contribution >= 4 is 22.6 Å². The van der Waals surface area contributed by atoms with Crippen molar-refractivity contribution in [3.05, 3.63) is 40.7 Å². The van der Waals surface area contributed by atoms with E-state index in [0.29, 0.717) is 24.0 Å². The summed E-state index contributed by atoms with van der Waals surface area (Å²) >= 11 is 6.43. The van der Waals surface area contributed by atoms with Crippen molar-refractivity contribution in [1.82, 2.24) is 14.5 Å². The standard InChI is InChI=1S/C17H22ClN3O3S/c1-17(2,3)25(22)20-12-9-24-10-14-11(12)8-19-21(14)13-6-5-7-15(23-4)16(13)18/h5-8,12,20H,9-10H2,1-4H3/t12-,25?/m1/s1. The van der Waals surface area contributed by atoms with Gasteiger partial charge in [-0.3, -0.25) is 0 Å². The molecule has 0 fully saturated rings. The summed E-state index contributed by atoms with van der Waals surface area (Å²) in [6, 6.07) is 5.36. The largest absolute Gasteiger partial charge is 0.495 e. The molecule has 2 aromatic rings. The molecule has 1 unspecified atom stereocenters. The maximum absolute atomic E-state index is 12.4. The minimum absolute atomic E-state index is 0.179. The Labute approximate surface area is 155 Å². The number of aromatic nitrogens is 2. The number of hydrogen-bond donors (Lipinski definition) is 1. The smallest absolute Gasteiger partial charge is 0.139 e. The second-order valence-corrected chi connectivity index (χ2v) is 9.19. The number of benzene rings is 1. The van der Waals surface area contributed by atoms with Gasteiger partial charge in [-0.1, -0.05) is 17.7 Å². The Balaban J connectivity index is 1.96. The van der Waals surface area contributed by atoms with Crippen molar-refractivity contribution in [1.29, 1.82) is 0 Å². The number of nitrogens with zero attached hydrogens (tertiary/aromatic N) is 2. The van der Waals surface area contributed by atoms with Gasteiger partial charge >= 0.3 is 0 Å². The fraction of sp³-hybridized carbons (Fsp3) is 0.471. The molecule has 0 saturated carbocycles. The molecule has 6 nitrogen and oxygen atoms in total. The van der Waals surface area contributed by atoms with Crippen LogP contribution in [0.15, 0.2) is 24.4 Å². The van der Waals surface area contributed by atoms with E-state index in [9.17, 15) is 4.21 Å². The first kappa shape index (κ1) is 18.4. The zero-order chi connectivity index (χ0) is 18.2. The third-order valence-electron chi connectivity index (χ3n) is 4.00. The van der Waals surface area contributed by atoms with E-state index in [1.807, 2.05) is 32.9 Å². The van der Waals surface area contributed by atoms with E-state index in [2.05, 4.69) is 9.82 Å². The normalized spacial score (nSPS) is 18.7. The van der Waals surface area contributed by atoms with Crippen LogP contribution in [0.3, 0.4) is 0 Å². The lowest BCUT2D eigenvalue weighted by molar-refractivity contribution is 0.0847. The lowest BCUT2D eigenvalue weighted by Crippen LogP contribution is -2.38. The molecule has 2 atom stereocenters. The zero-order valence-electron chi connectivity index (χ0n) is 14.7. The third kappa shape index (κ3) is 3.60. The minimum Gasteiger partial charge on any atom is -0.495 e. The van der Waals surface area contributed by atoms with Gasteiger partial charge in [-0.2, -0.15) is 5.10 Å². The van der Waals surface area contributed by atoms with Crippen molar-refractivity contribution in [2.75, 3.05) is 13.7 Å². The molecule has 2 heterocycles. The average Bonchev–Trinajstić information content (AvgIpc) is 2.99. The van der Waals surface area contributed by atoms with Gasteiger partial charge in [-0.15, -0.1) is 0 Å². The lowest BCUT2D eigenvalue weighted by Gasteiger charge is -2.27. The quantitative estimate of drug-likeness (QED) is 0.880. The molecule has 0 radical (unpaired) electrons. The van der Waals surface area contributed by atoms with E-state index in [4.69, 9.17) is 21.1 Å². The van der Waals surface area contributed by atoms with Crippen molar-refractivity contribution in [3.63, 3.8) is 0 Å². The molecule has 3 rings (SSSR count). The number of methoxy groups -OCH3 is 1. The number of halogens is 1. The molecule has 8 heteroatoms. The van der Waals surface area contributed by atoms with Crippen LogP contribution >= 0.6 is 11.6 Å². The molecule has 1 aromatic carbocycles. The van der Waals surface area contributed by atoms with E-state index in [1.54, 1.807) is 24.1 Å².